The maximum absolute atomic E-state index is 9.91. The Kier molecular flexibility index (Phi) is 5.22. The van der Waals surface area contributed by atoms with Gasteiger partial charge in [0, 0.05) is 27.2 Å². The highest BCUT2D eigenvalue weighted by Gasteiger charge is 2.19. The van der Waals surface area contributed by atoms with E-state index in [9.17, 15) is 10.5 Å². The quantitative estimate of drug-likeness (QED) is 0.227. The molecule has 0 bridgehead atoms. The van der Waals surface area contributed by atoms with E-state index in [0.29, 0.717) is 11.1 Å². The Morgan fingerprint density at radius 1 is 0.476 bits per heavy atom. The molecule has 194 valence electrons. The molecule has 0 fully saturated rings. The van der Waals surface area contributed by atoms with Crippen LogP contribution in [0.15, 0.2) is 133 Å². The average molecular weight is 535 g/mol. The minimum absolute atomic E-state index is 0.635. The number of benzene rings is 6. The second kappa shape index (κ2) is 9.24. The third-order valence-corrected chi connectivity index (χ3v) is 8.18. The molecule has 4 nitrogen and oxygen atoms in total. The first-order valence-corrected chi connectivity index (χ1v) is 13.8. The summed E-state index contributed by atoms with van der Waals surface area (Å²) in [4.78, 5) is 0. The van der Waals surface area contributed by atoms with Gasteiger partial charge < -0.3 is 9.13 Å². The fourth-order valence-electron chi connectivity index (χ4n) is 6.42. The van der Waals surface area contributed by atoms with Crippen LogP contribution in [0.4, 0.5) is 0 Å². The van der Waals surface area contributed by atoms with Crippen LogP contribution in [0.1, 0.15) is 11.1 Å². The standard InChI is InChI=1S/C38H22N4/c39-23-25-9-7-11-28(21-25)41-34-16-5-2-12-30(34)32-22-26(19-20-36(32)41)29-14-8-18-37-38(29)31-13-3-6-17-35(31)42(37)33-15-4-1-10-27(33)24-40/h1-22H. The SMILES string of the molecule is N#Cc1cccc(-n2c3ccccc3c3cc(-c4cccc5c4c4ccccc4n5-c4ccccc4C#N)ccc32)c1. The van der Waals surface area contributed by atoms with Crippen LogP contribution in [-0.2, 0) is 0 Å². The molecule has 0 atom stereocenters. The average Bonchev–Trinajstić information content (AvgIpc) is 3.57. The third kappa shape index (κ3) is 3.40. The molecule has 4 heteroatoms. The second-order valence-electron chi connectivity index (χ2n) is 10.4. The van der Waals surface area contributed by atoms with E-state index in [1.165, 1.54) is 0 Å². The van der Waals surface area contributed by atoms with Gasteiger partial charge in [-0.2, -0.15) is 10.5 Å². The monoisotopic (exact) mass is 534 g/mol. The summed E-state index contributed by atoms with van der Waals surface area (Å²) in [5.74, 6) is 0. The third-order valence-electron chi connectivity index (χ3n) is 8.18. The minimum atomic E-state index is 0.635. The largest absolute Gasteiger partial charge is 0.309 e. The number of hydrogen-bond donors (Lipinski definition) is 0. The highest BCUT2D eigenvalue weighted by atomic mass is 15.0. The summed E-state index contributed by atoms with van der Waals surface area (Å²) in [5.41, 5.74) is 9.70. The van der Waals surface area contributed by atoms with Gasteiger partial charge in [-0.1, -0.05) is 72.8 Å². The second-order valence-corrected chi connectivity index (χ2v) is 10.4. The molecule has 0 N–H and O–H groups in total. The lowest BCUT2D eigenvalue weighted by Crippen LogP contribution is -1.97. The van der Waals surface area contributed by atoms with Crippen molar-refractivity contribution in [1.29, 1.82) is 10.5 Å². The van der Waals surface area contributed by atoms with Gasteiger partial charge >= 0.3 is 0 Å². The van der Waals surface area contributed by atoms with Gasteiger partial charge in [0.05, 0.1) is 45.0 Å². The summed E-state index contributed by atoms with van der Waals surface area (Å²) < 4.78 is 4.44. The van der Waals surface area contributed by atoms with Crippen molar-refractivity contribution in [3.8, 4) is 34.6 Å². The topological polar surface area (TPSA) is 57.4 Å². The lowest BCUT2D eigenvalue weighted by atomic mass is 9.98. The molecule has 0 saturated carbocycles. The zero-order valence-electron chi connectivity index (χ0n) is 22.5. The van der Waals surface area contributed by atoms with Crippen LogP contribution < -0.4 is 0 Å². The summed E-state index contributed by atoms with van der Waals surface area (Å²) in [6.45, 7) is 0. The first-order chi connectivity index (χ1) is 20.8. The van der Waals surface area contributed by atoms with Crippen molar-refractivity contribution in [2.45, 2.75) is 0 Å². The first kappa shape index (κ1) is 23.8. The molecule has 0 saturated heterocycles. The molecule has 6 aromatic carbocycles. The molecule has 8 rings (SSSR count). The lowest BCUT2D eigenvalue weighted by Gasteiger charge is -2.11. The van der Waals surface area contributed by atoms with Gasteiger partial charge in [-0.3, -0.25) is 0 Å². The molecule has 0 aliphatic heterocycles. The van der Waals surface area contributed by atoms with E-state index in [1.54, 1.807) is 0 Å². The lowest BCUT2D eigenvalue weighted by molar-refractivity contribution is 1.17. The molecule has 0 unspecified atom stereocenters. The predicted octanol–water partition coefficient (Wildman–Crippen LogP) is 9.29. The molecule has 2 heterocycles. The van der Waals surface area contributed by atoms with Crippen molar-refractivity contribution in [3.63, 3.8) is 0 Å². The van der Waals surface area contributed by atoms with E-state index < -0.39 is 0 Å². The Morgan fingerprint density at radius 2 is 1.17 bits per heavy atom. The summed E-state index contributed by atoms with van der Waals surface area (Å²) in [7, 11) is 0. The van der Waals surface area contributed by atoms with Crippen LogP contribution in [-0.4, -0.2) is 9.13 Å². The molecule has 0 aliphatic carbocycles. The van der Waals surface area contributed by atoms with Gasteiger partial charge in [-0.25, -0.2) is 0 Å². The Morgan fingerprint density at radius 3 is 2.00 bits per heavy atom. The van der Waals surface area contributed by atoms with Crippen LogP contribution >= 0.6 is 0 Å². The summed E-state index contributed by atoms with van der Waals surface area (Å²) in [5, 5.41) is 24.1. The van der Waals surface area contributed by atoms with Crippen molar-refractivity contribution in [2.24, 2.45) is 0 Å². The van der Waals surface area contributed by atoms with Gasteiger partial charge in [-0.05, 0) is 71.8 Å². The van der Waals surface area contributed by atoms with Crippen molar-refractivity contribution >= 4 is 43.6 Å². The number of hydrogen-bond acceptors (Lipinski definition) is 2. The van der Waals surface area contributed by atoms with E-state index in [-0.39, 0.29) is 0 Å². The molecule has 0 radical (unpaired) electrons. The smallest absolute Gasteiger partial charge is 0.101 e. The van der Waals surface area contributed by atoms with Crippen LogP contribution in [0.25, 0.3) is 66.1 Å². The highest BCUT2D eigenvalue weighted by molar-refractivity contribution is 6.17. The molecule has 0 amide bonds. The predicted molar refractivity (Wildman–Crippen MR) is 170 cm³/mol. The Labute approximate surface area is 242 Å². The summed E-state index contributed by atoms with van der Waals surface area (Å²) in [6, 6.07) is 50.1. The zero-order valence-corrected chi connectivity index (χ0v) is 22.5. The Balaban J connectivity index is 1.43. The molecule has 8 aromatic rings. The maximum Gasteiger partial charge on any atom is 0.101 e. The number of para-hydroxylation sites is 3. The minimum Gasteiger partial charge on any atom is -0.309 e. The van der Waals surface area contributed by atoms with Gasteiger partial charge in [0.25, 0.3) is 0 Å². The van der Waals surface area contributed by atoms with E-state index in [2.05, 4.69) is 112 Å². The Hall–Kier alpha value is -6.10. The molecule has 0 spiro atoms. The van der Waals surface area contributed by atoms with Crippen LogP contribution in [0, 0.1) is 22.7 Å². The van der Waals surface area contributed by atoms with Crippen molar-refractivity contribution in [2.75, 3.05) is 0 Å². The maximum atomic E-state index is 9.91. The molecular weight excluding hydrogens is 512 g/mol. The number of nitrogens with zero attached hydrogens (tertiary/aromatic N) is 4. The molecule has 42 heavy (non-hydrogen) atoms. The zero-order chi connectivity index (χ0) is 28.2. The highest BCUT2D eigenvalue weighted by Crippen LogP contribution is 2.41. The van der Waals surface area contributed by atoms with E-state index in [4.69, 9.17) is 0 Å². The fraction of sp³-hybridized carbons (Fsp3) is 0. The van der Waals surface area contributed by atoms with E-state index in [1.807, 2.05) is 42.5 Å². The number of aromatic nitrogens is 2. The molecular formula is C38H22N4. The molecule has 0 aliphatic rings. The van der Waals surface area contributed by atoms with Crippen molar-refractivity contribution < 1.29 is 0 Å². The van der Waals surface area contributed by atoms with Crippen LogP contribution in [0.3, 0.4) is 0 Å². The Bertz CT molecular complexity index is 2440. The fourth-order valence-corrected chi connectivity index (χ4v) is 6.42. The summed E-state index contributed by atoms with van der Waals surface area (Å²) in [6.07, 6.45) is 0. The normalized spacial score (nSPS) is 11.3. The van der Waals surface area contributed by atoms with E-state index in [0.717, 1.165) is 66.1 Å². The van der Waals surface area contributed by atoms with Gasteiger partial charge in [0.15, 0.2) is 0 Å². The first-order valence-electron chi connectivity index (χ1n) is 13.8. The number of fused-ring (bicyclic) bond motifs is 6. The number of rotatable bonds is 3. The van der Waals surface area contributed by atoms with Crippen LogP contribution in [0.2, 0.25) is 0 Å². The van der Waals surface area contributed by atoms with Gasteiger partial charge in [0.1, 0.15) is 6.07 Å². The van der Waals surface area contributed by atoms with Gasteiger partial charge in [-0.15, -0.1) is 0 Å². The van der Waals surface area contributed by atoms with Crippen molar-refractivity contribution in [3.05, 3.63) is 145 Å². The van der Waals surface area contributed by atoms with Crippen molar-refractivity contribution in [1.82, 2.24) is 9.13 Å². The molecule has 2 aromatic heterocycles. The summed E-state index contributed by atoms with van der Waals surface area (Å²) >= 11 is 0. The van der Waals surface area contributed by atoms with Crippen LogP contribution in [0.5, 0.6) is 0 Å². The van der Waals surface area contributed by atoms with Gasteiger partial charge in [0.2, 0.25) is 0 Å². The van der Waals surface area contributed by atoms with E-state index >= 15 is 0 Å². The number of nitriles is 2.